The molecular weight excluding hydrogens is 454 g/mol. The molecule has 0 radical (unpaired) electrons. The number of halogens is 3. The van der Waals surface area contributed by atoms with Crippen molar-refractivity contribution in [3.63, 3.8) is 0 Å². The molecule has 11 heteroatoms. The number of hydrogen-bond donors (Lipinski definition) is 3. The minimum Gasteiger partial charge on any atom is -0.504 e. The molecule has 156 valence electrons. The van der Waals surface area contributed by atoms with Crippen LogP contribution in [0, 0.1) is 12.7 Å². The van der Waals surface area contributed by atoms with Gasteiger partial charge in [0, 0.05) is 5.56 Å². The van der Waals surface area contributed by atoms with Gasteiger partial charge in [0.25, 0.3) is 11.8 Å². The van der Waals surface area contributed by atoms with Crippen molar-refractivity contribution in [1.29, 1.82) is 0 Å². The first-order valence-corrected chi connectivity index (χ1v) is 10.1. The molecule has 0 saturated heterocycles. The van der Waals surface area contributed by atoms with Gasteiger partial charge in [-0.3, -0.25) is 9.59 Å². The number of hydrogen-bond acceptors (Lipinski definition) is 6. The predicted molar refractivity (Wildman–Crippen MR) is 113 cm³/mol. The Bertz CT molecular complexity index is 1120. The first-order chi connectivity index (χ1) is 14.2. The molecule has 3 aromatic rings. The molecule has 2 aromatic heterocycles. The zero-order chi connectivity index (χ0) is 22.0. The van der Waals surface area contributed by atoms with Crippen molar-refractivity contribution in [2.45, 2.75) is 19.9 Å². The lowest BCUT2D eigenvalue weighted by molar-refractivity contribution is 0.0940. The van der Waals surface area contributed by atoms with Crippen molar-refractivity contribution >= 4 is 51.5 Å². The van der Waals surface area contributed by atoms with Gasteiger partial charge < -0.3 is 15.7 Å². The molecule has 1 atom stereocenters. The highest BCUT2D eigenvalue weighted by Crippen LogP contribution is 2.31. The van der Waals surface area contributed by atoms with E-state index in [4.69, 9.17) is 23.2 Å². The van der Waals surface area contributed by atoms with Gasteiger partial charge in [-0.25, -0.2) is 9.37 Å². The fourth-order valence-electron chi connectivity index (χ4n) is 2.66. The second-order valence-electron chi connectivity index (χ2n) is 6.27. The van der Waals surface area contributed by atoms with E-state index < -0.39 is 29.4 Å². The van der Waals surface area contributed by atoms with Crippen molar-refractivity contribution in [3.05, 3.63) is 68.8 Å². The van der Waals surface area contributed by atoms with Gasteiger partial charge in [0.1, 0.15) is 16.5 Å². The van der Waals surface area contributed by atoms with Gasteiger partial charge in [-0.1, -0.05) is 41.4 Å². The summed E-state index contributed by atoms with van der Waals surface area (Å²) in [6, 6.07) is 6.65. The Labute approximate surface area is 185 Å². The van der Waals surface area contributed by atoms with Crippen molar-refractivity contribution in [2.75, 3.05) is 5.32 Å². The van der Waals surface area contributed by atoms with E-state index in [0.717, 1.165) is 17.6 Å². The van der Waals surface area contributed by atoms with E-state index in [0.29, 0.717) is 11.3 Å². The van der Waals surface area contributed by atoms with Crippen LogP contribution >= 0.6 is 34.7 Å². The zero-order valence-corrected chi connectivity index (χ0v) is 18.0. The topological polar surface area (TPSA) is 104 Å². The minimum atomic E-state index is -0.696. The Morgan fingerprint density at radius 1 is 1.23 bits per heavy atom. The van der Waals surface area contributed by atoms with Crippen LogP contribution in [0.5, 0.6) is 5.75 Å². The molecule has 0 aliphatic carbocycles. The Hall–Kier alpha value is -2.75. The van der Waals surface area contributed by atoms with Crippen LogP contribution in [0.3, 0.4) is 0 Å². The normalized spacial score (nSPS) is 11.8. The van der Waals surface area contributed by atoms with Gasteiger partial charge in [0.2, 0.25) is 0 Å². The third-order valence-corrected chi connectivity index (χ3v) is 5.58. The molecule has 0 fully saturated rings. The van der Waals surface area contributed by atoms with Crippen molar-refractivity contribution in [3.8, 4) is 5.75 Å². The average Bonchev–Trinajstić information content (AvgIpc) is 3.05. The quantitative estimate of drug-likeness (QED) is 0.469. The summed E-state index contributed by atoms with van der Waals surface area (Å²) >= 11 is 12.5. The number of pyridine rings is 1. The van der Waals surface area contributed by atoms with E-state index in [1.54, 1.807) is 32.0 Å². The molecule has 0 aliphatic heterocycles. The van der Waals surface area contributed by atoms with E-state index in [-0.39, 0.29) is 26.4 Å². The second kappa shape index (κ2) is 8.95. The molecule has 2 amide bonds. The molecule has 0 aliphatic rings. The van der Waals surface area contributed by atoms with Crippen LogP contribution in [-0.2, 0) is 0 Å². The molecule has 1 aromatic carbocycles. The Kier molecular flexibility index (Phi) is 6.55. The number of carbonyl (C=O) groups excluding carboxylic acids is 2. The third kappa shape index (κ3) is 4.53. The highest BCUT2D eigenvalue weighted by Gasteiger charge is 2.24. The number of rotatable bonds is 5. The molecule has 3 rings (SSSR count). The molecule has 2 heterocycles. The van der Waals surface area contributed by atoms with Gasteiger partial charge in [0.15, 0.2) is 10.9 Å². The summed E-state index contributed by atoms with van der Waals surface area (Å²) in [6.45, 7) is 3.26. The number of aryl methyl sites for hydroxylation is 1. The Morgan fingerprint density at radius 3 is 2.60 bits per heavy atom. The average molecular weight is 469 g/mol. The summed E-state index contributed by atoms with van der Waals surface area (Å²) in [5, 5.41) is 14.5. The van der Waals surface area contributed by atoms with Crippen LogP contribution in [0.2, 0.25) is 10.2 Å². The summed E-state index contributed by atoms with van der Waals surface area (Å²) in [5.41, 5.74) is 0.713. The lowest BCUT2D eigenvalue weighted by Crippen LogP contribution is -2.28. The summed E-state index contributed by atoms with van der Waals surface area (Å²) < 4.78 is 18.1. The fraction of sp³-hybridized carbons (Fsp3) is 0.158. The first kappa shape index (κ1) is 21.9. The van der Waals surface area contributed by atoms with Crippen molar-refractivity contribution in [2.24, 2.45) is 0 Å². The number of benzene rings is 1. The number of anilines is 1. The van der Waals surface area contributed by atoms with Crippen LogP contribution in [0.15, 0.2) is 30.3 Å². The van der Waals surface area contributed by atoms with Gasteiger partial charge in [-0.15, -0.1) is 0 Å². The van der Waals surface area contributed by atoms with E-state index in [1.165, 1.54) is 6.07 Å². The van der Waals surface area contributed by atoms with Gasteiger partial charge in [0.05, 0.1) is 22.3 Å². The summed E-state index contributed by atoms with van der Waals surface area (Å²) in [7, 11) is 0. The molecule has 0 saturated carbocycles. The van der Waals surface area contributed by atoms with Gasteiger partial charge >= 0.3 is 0 Å². The number of nitrogens with one attached hydrogen (secondary N) is 2. The van der Waals surface area contributed by atoms with E-state index in [9.17, 15) is 19.1 Å². The maximum atomic E-state index is 14.0. The zero-order valence-electron chi connectivity index (χ0n) is 15.7. The van der Waals surface area contributed by atoms with Crippen LogP contribution in [0.25, 0.3) is 0 Å². The SMILES string of the molecule is Cc1nsc(NC(=O)c2cc(Cl)c(O)c(Cl)n2)c1C(=O)N[C@@H](C)c1ccccc1F. The minimum absolute atomic E-state index is 0.141. The lowest BCUT2D eigenvalue weighted by atomic mass is 10.1. The number of aromatic hydroxyl groups is 1. The van der Waals surface area contributed by atoms with Crippen LogP contribution in [0.1, 0.15) is 45.1 Å². The number of carbonyl (C=O) groups is 2. The Balaban J connectivity index is 1.82. The van der Waals surface area contributed by atoms with Crippen LogP contribution in [0.4, 0.5) is 9.39 Å². The maximum Gasteiger partial charge on any atom is 0.275 e. The van der Waals surface area contributed by atoms with Crippen LogP contribution in [-0.4, -0.2) is 26.3 Å². The van der Waals surface area contributed by atoms with Crippen molar-refractivity contribution in [1.82, 2.24) is 14.7 Å². The Morgan fingerprint density at radius 2 is 1.93 bits per heavy atom. The number of aromatic nitrogens is 2. The lowest BCUT2D eigenvalue weighted by Gasteiger charge is -2.15. The summed E-state index contributed by atoms with van der Waals surface area (Å²) in [6.07, 6.45) is 0. The van der Waals surface area contributed by atoms with E-state index in [1.807, 2.05) is 0 Å². The molecule has 7 nitrogen and oxygen atoms in total. The highest BCUT2D eigenvalue weighted by molar-refractivity contribution is 7.11. The molecule has 30 heavy (non-hydrogen) atoms. The standard InChI is InChI=1S/C19H15Cl2FN4O3S/c1-8(10-5-3-4-6-12(10)22)23-18(29)14-9(2)26-30-19(14)25-17(28)13-7-11(20)15(27)16(21)24-13/h3-8,27H,1-2H3,(H,23,29)(H,25,28)/t8-/m0/s1. The molecular formula is C19H15Cl2FN4O3S. The van der Waals surface area contributed by atoms with E-state index >= 15 is 0 Å². The van der Waals surface area contributed by atoms with Gasteiger partial charge in [-0.2, -0.15) is 4.37 Å². The fourth-order valence-corrected chi connectivity index (χ4v) is 3.88. The number of nitrogens with zero attached hydrogens (tertiary/aromatic N) is 2. The van der Waals surface area contributed by atoms with Crippen LogP contribution < -0.4 is 10.6 Å². The summed E-state index contributed by atoms with van der Waals surface area (Å²) in [4.78, 5) is 29.1. The van der Waals surface area contributed by atoms with E-state index in [2.05, 4.69) is 20.0 Å². The number of amides is 2. The molecule has 3 N–H and O–H groups in total. The molecule has 0 spiro atoms. The highest BCUT2D eigenvalue weighted by atomic mass is 35.5. The first-order valence-electron chi connectivity index (χ1n) is 8.57. The monoisotopic (exact) mass is 468 g/mol. The second-order valence-corrected chi connectivity index (χ2v) is 7.81. The van der Waals surface area contributed by atoms with Crippen molar-refractivity contribution < 1.29 is 19.1 Å². The molecule has 0 unspecified atom stereocenters. The summed E-state index contributed by atoms with van der Waals surface area (Å²) in [5.74, 6) is -2.10. The third-order valence-electron chi connectivity index (χ3n) is 4.17. The van der Waals surface area contributed by atoms with Gasteiger partial charge in [-0.05, 0) is 37.5 Å². The predicted octanol–water partition coefficient (Wildman–Crippen LogP) is 4.74. The molecule has 0 bridgehead atoms. The maximum absolute atomic E-state index is 14.0. The smallest absolute Gasteiger partial charge is 0.275 e. The largest absolute Gasteiger partial charge is 0.504 e.